The van der Waals surface area contributed by atoms with E-state index in [1.807, 2.05) is 20.8 Å². The van der Waals surface area contributed by atoms with E-state index in [0.717, 1.165) is 0 Å². The van der Waals surface area contributed by atoms with E-state index in [1.54, 1.807) is 12.1 Å². The molecule has 0 spiro atoms. The van der Waals surface area contributed by atoms with Crippen molar-refractivity contribution in [2.24, 2.45) is 4.40 Å². The maximum atomic E-state index is 13.2. The van der Waals surface area contributed by atoms with Crippen LogP contribution in [0.2, 0.25) is 0 Å². The predicted molar refractivity (Wildman–Crippen MR) is 69.6 cm³/mol. The van der Waals surface area contributed by atoms with Gasteiger partial charge in [-0.05, 0) is 42.8 Å². The highest BCUT2D eigenvalue weighted by Gasteiger charge is 2.18. The van der Waals surface area contributed by atoms with Crippen LogP contribution < -0.4 is 0 Å². The fraction of sp³-hybridized carbons (Fsp3) is 0.364. The Kier molecular flexibility index (Phi) is 4.38. The second-order valence-electron chi connectivity index (χ2n) is 4.24. The molecule has 0 aliphatic rings. The number of benzene rings is 1. The van der Waals surface area contributed by atoms with E-state index >= 15 is 0 Å². The van der Waals surface area contributed by atoms with E-state index in [-0.39, 0.29) is 5.82 Å². The van der Waals surface area contributed by atoms with Crippen LogP contribution in [0, 0.1) is 5.82 Å². The van der Waals surface area contributed by atoms with Crippen molar-refractivity contribution in [3.05, 3.63) is 34.1 Å². The van der Waals surface area contributed by atoms with Crippen LogP contribution in [0.25, 0.3) is 0 Å². The molecule has 0 fully saturated rings. The predicted octanol–water partition coefficient (Wildman–Crippen LogP) is 3.47. The number of nitrogens with zero attached hydrogens (tertiary/aromatic N) is 1. The first kappa shape index (κ1) is 13.5. The lowest BCUT2D eigenvalue weighted by atomic mass is 10.2. The van der Waals surface area contributed by atoms with Gasteiger partial charge in [-0.15, -0.1) is 0 Å². The maximum Gasteiger partial charge on any atom is 0.144 e. The second-order valence-corrected chi connectivity index (χ2v) is 6.97. The van der Waals surface area contributed by atoms with Gasteiger partial charge in [0, 0.05) is 11.8 Å². The molecule has 0 aromatic heterocycles. The van der Waals surface area contributed by atoms with E-state index in [0.29, 0.717) is 10.0 Å². The summed E-state index contributed by atoms with van der Waals surface area (Å²) in [6.45, 7) is 5.50. The maximum absolute atomic E-state index is 13.2. The summed E-state index contributed by atoms with van der Waals surface area (Å²) in [4.78, 5) is 0. The van der Waals surface area contributed by atoms with Gasteiger partial charge < -0.3 is 0 Å². The summed E-state index contributed by atoms with van der Waals surface area (Å²) < 4.78 is 28.6. The molecular weight excluding hydrogens is 293 g/mol. The highest BCUT2D eigenvalue weighted by molar-refractivity contribution is 9.10. The van der Waals surface area contributed by atoms with Gasteiger partial charge in [0.1, 0.15) is 16.8 Å². The summed E-state index contributed by atoms with van der Waals surface area (Å²) in [5.41, 5.74) is 0.581. The second kappa shape index (κ2) is 5.19. The molecule has 1 aromatic carbocycles. The van der Waals surface area contributed by atoms with Gasteiger partial charge in [0.2, 0.25) is 0 Å². The Morgan fingerprint density at radius 1 is 1.44 bits per heavy atom. The first-order valence-corrected chi connectivity index (χ1v) is 6.62. The quantitative estimate of drug-likeness (QED) is 0.769. The first-order valence-electron chi connectivity index (χ1n) is 4.72. The summed E-state index contributed by atoms with van der Waals surface area (Å²) in [5, 5.41) is 0. The van der Waals surface area contributed by atoms with Crippen molar-refractivity contribution in [3.63, 3.8) is 0 Å². The third-order valence-electron chi connectivity index (χ3n) is 1.79. The molecule has 0 unspecified atom stereocenters. The highest BCUT2D eigenvalue weighted by Crippen LogP contribution is 2.19. The molecule has 0 N–H and O–H groups in total. The molecule has 0 aliphatic carbocycles. The molecule has 0 radical (unpaired) electrons. The molecule has 5 heteroatoms. The van der Waals surface area contributed by atoms with Gasteiger partial charge in [0.15, 0.2) is 0 Å². The van der Waals surface area contributed by atoms with Gasteiger partial charge in [-0.1, -0.05) is 12.1 Å². The van der Waals surface area contributed by atoms with Crippen LogP contribution >= 0.6 is 15.9 Å². The SMILES string of the molecule is CC(C)(C)[S@@](=O)/N=C/c1cccc(F)c1Br. The summed E-state index contributed by atoms with van der Waals surface area (Å²) >= 11 is 3.12. The van der Waals surface area contributed by atoms with Crippen molar-refractivity contribution < 1.29 is 8.60 Å². The molecule has 1 aromatic rings. The summed E-state index contributed by atoms with van der Waals surface area (Å²) in [6.07, 6.45) is 1.43. The van der Waals surface area contributed by atoms with E-state index < -0.39 is 15.7 Å². The third-order valence-corrected chi connectivity index (χ3v) is 3.97. The van der Waals surface area contributed by atoms with Crippen LogP contribution in [-0.4, -0.2) is 15.2 Å². The van der Waals surface area contributed by atoms with Gasteiger partial charge in [0.25, 0.3) is 0 Å². The van der Waals surface area contributed by atoms with Crippen LogP contribution in [-0.2, 0) is 11.0 Å². The zero-order valence-electron chi connectivity index (χ0n) is 9.33. The number of rotatable bonds is 2. The van der Waals surface area contributed by atoms with Gasteiger partial charge in [-0.25, -0.2) is 8.60 Å². The molecule has 0 saturated heterocycles. The molecule has 1 rings (SSSR count). The highest BCUT2D eigenvalue weighted by atomic mass is 79.9. The van der Waals surface area contributed by atoms with Gasteiger partial charge >= 0.3 is 0 Å². The normalized spacial score (nSPS) is 14.3. The summed E-state index contributed by atoms with van der Waals surface area (Å²) in [7, 11) is -1.33. The van der Waals surface area contributed by atoms with Gasteiger partial charge in [-0.3, -0.25) is 0 Å². The van der Waals surface area contributed by atoms with E-state index in [4.69, 9.17) is 0 Å². The zero-order chi connectivity index (χ0) is 12.3. The van der Waals surface area contributed by atoms with E-state index in [2.05, 4.69) is 20.3 Å². The Hall–Kier alpha value is -0.550. The van der Waals surface area contributed by atoms with Crippen LogP contribution in [0.4, 0.5) is 4.39 Å². The largest absolute Gasteiger partial charge is 0.234 e. The van der Waals surface area contributed by atoms with Crippen molar-refractivity contribution in [2.75, 3.05) is 0 Å². The minimum Gasteiger partial charge on any atom is -0.234 e. The van der Waals surface area contributed by atoms with Crippen molar-refractivity contribution in [1.29, 1.82) is 0 Å². The molecule has 0 aliphatic heterocycles. The monoisotopic (exact) mass is 305 g/mol. The van der Waals surface area contributed by atoms with Crippen molar-refractivity contribution in [3.8, 4) is 0 Å². The van der Waals surface area contributed by atoms with Crippen LogP contribution in [0.5, 0.6) is 0 Å². The van der Waals surface area contributed by atoms with Crippen LogP contribution in [0.1, 0.15) is 26.3 Å². The molecule has 0 bridgehead atoms. The van der Waals surface area contributed by atoms with Gasteiger partial charge in [0.05, 0.1) is 9.22 Å². The standard InChI is InChI=1S/C11H13BrFNOS/c1-11(2,3)16(15)14-7-8-5-4-6-9(13)10(8)12/h4-7H,1-3H3/b14-7+/t16-/m1/s1. The Morgan fingerprint density at radius 2 is 2.06 bits per heavy atom. The van der Waals surface area contributed by atoms with Crippen molar-refractivity contribution in [1.82, 2.24) is 0 Å². The molecule has 1 atom stereocenters. The molecule has 16 heavy (non-hydrogen) atoms. The third kappa shape index (κ3) is 3.49. The Balaban J connectivity index is 2.94. The minimum atomic E-state index is -1.33. The smallest absolute Gasteiger partial charge is 0.144 e. The number of hydrogen-bond donors (Lipinski definition) is 0. The molecule has 88 valence electrons. The van der Waals surface area contributed by atoms with Crippen molar-refractivity contribution >= 4 is 33.1 Å². The first-order chi connectivity index (χ1) is 7.32. The van der Waals surface area contributed by atoms with E-state index in [9.17, 15) is 8.60 Å². The van der Waals surface area contributed by atoms with E-state index in [1.165, 1.54) is 12.3 Å². The Bertz CT molecular complexity index is 440. The fourth-order valence-electron chi connectivity index (χ4n) is 0.883. The Labute approximate surface area is 106 Å². The molecule has 0 saturated carbocycles. The van der Waals surface area contributed by atoms with Gasteiger partial charge in [-0.2, -0.15) is 4.40 Å². The average Bonchev–Trinajstić information content (AvgIpc) is 2.18. The minimum absolute atomic E-state index is 0.338. The molecule has 0 heterocycles. The fourth-order valence-corrected chi connectivity index (χ4v) is 1.78. The number of hydrogen-bond acceptors (Lipinski definition) is 1. The Morgan fingerprint density at radius 3 is 2.62 bits per heavy atom. The average molecular weight is 306 g/mol. The van der Waals surface area contributed by atoms with Crippen LogP contribution in [0.3, 0.4) is 0 Å². The van der Waals surface area contributed by atoms with Crippen molar-refractivity contribution in [2.45, 2.75) is 25.5 Å². The topological polar surface area (TPSA) is 29.4 Å². The lowest BCUT2D eigenvalue weighted by Crippen LogP contribution is -2.19. The van der Waals surface area contributed by atoms with Crippen LogP contribution in [0.15, 0.2) is 27.1 Å². The summed E-state index contributed by atoms with van der Waals surface area (Å²) in [6, 6.07) is 4.64. The molecule has 2 nitrogen and oxygen atoms in total. The zero-order valence-corrected chi connectivity index (χ0v) is 11.7. The molecule has 0 amide bonds. The lowest BCUT2D eigenvalue weighted by Gasteiger charge is -2.12. The lowest BCUT2D eigenvalue weighted by molar-refractivity contribution is 0.621. The number of halogens is 2. The molecular formula is C11H13BrFNOS. The summed E-state index contributed by atoms with van der Waals surface area (Å²) in [5.74, 6) is -0.356.